The number of halogens is 1. The number of nitrogens with two attached hydrogens (primary N) is 1. The number of nitrogen functional groups attached to an aromatic ring is 1. The van der Waals surface area contributed by atoms with Crippen LogP contribution < -0.4 is 20.5 Å². The molecule has 3 heterocycles. The minimum Gasteiger partial charge on any atom is -0.490 e. The number of rotatable bonds is 7. The molecule has 2 aliphatic carbocycles. The van der Waals surface area contributed by atoms with E-state index in [-0.39, 0.29) is 30.0 Å². The monoisotopic (exact) mass is 502 g/mol. The average molecular weight is 503 g/mol. The van der Waals surface area contributed by atoms with Crippen molar-refractivity contribution in [1.82, 2.24) is 24.9 Å². The number of hydrogen-bond donors (Lipinski definition) is 2. The van der Waals surface area contributed by atoms with Crippen LogP contribution in [0.4, 0.5) is 10.3 Å². The highest BCUT2D eigenvalue weighted by atomic mass is 19.1. The molecule has 3 N–H and O–H groups in total. The van der Waals surface area contributed by atoms with Crippen LogP contribution in [0.3, 0.4) is 0 Å². The molecule has 2 saturated carbocycles. The predicted molar refractivity (Wildman–Crippen MR) is 135 cm³/mol. The van der Waals surface area contributed by atoms with Crippen LogP contribution in [0.2, 0.25) is 0 Å². The molecule has 2 bridgehead atoms. The number of methoxy groups -OCH3 is 1. The van der Waals surface area contributed by atoms with Gasteiger partial charge in [-0.05, 0) is 73.4 Å². The molecule has 2 aliphatic rings. The summed E-state index contributed by atoms with van der Waals surface area (Å²) in [6.07, 6.45) is 8.06. The Morgan fingerprint density at radius 2 is 2.11 bits per heavy atom. The zero-order valence-corrected chi connectivity index (χ0v) is 20.4. The molecule has 10 heteroatoms. The Bertz CT molecular complexity index is 1490. The molecule has 6 rings (SSSR count). The van der Waals surface area contributed by atoms with Crippen molar-refractivity contribution >= 4 is 17.5 Å². The summed E-state index contributed by atoms with van der Waals surface area (Å²) in [4.78, 5) is 21.7. The third-order valence-electron chi connectivity index (χ3n) is 7.43. The van der Waals surface area contributed by atoms with Crippen molar-refractivity contribution in [2.45, 2.75) is 38.3 Å². The molecule has 0 radical (unpaired) electrons. The van der Waals surface area contributed by atoms with E-state index in [0.717, 1.165) is 18.4 Å². The van der Waals surface area contributed by atoms with Gasteiger partial charge >= 0.3 is 0 Å². The van der Waals surface area contributed by atoms with E-state index in [4.69, 9.17) is 15.2 Å². The predicted octanol–water partition coefficient (Wildman–Crippen LogP) is 4.02. The maximum atomic E-state index is 14.8. The van der Waals surface area contributed by atoms with Gasteiger partial charge in [0.1, 0.15) is 23.2 Å². The standard InChI is InChI=1S/C27H27FN6O3/c1-36-26-19(11-18(13-31-26)16-7-8-34-24(12-16)32-27(29)33-34)25(35)30-14-20-21(28)3-2-4-22(20)37-23-10-15-5-6-17(23)9-15/h2-4,7-8,11-13,15,17,23H,5-6,9-10,14H2,1H3,(H2,29,33)(H,30,35)/t15?,17?,23-/m1/s1. The minimum absolute atomic E-state index is 0.0278. The molecular weight excluding hydrogens is 475 g/mol. The van der Waals surface area contributed by atoms with Crippen molar-refractivity contribution in [3.8, 4) is 22.8 Å². The first-order valence-electron chi connectivity index (χ1n) is 12.4. The lowest BCUT2D eigenvalue weighted by Crippen LogP contribution is -2.27. The van der Waals surface area contributed by atoms with E-state index < -0.39 is 11.7 Å². The van der Waals surface area contributed by atoms with Crippen molar-refractivity contribution < 1.29 is 18.7 Å². The van der Waals surface area contributed by atoms with Crippen LogP contribution in [-0.2, 0) is 6.54 Å². The molecule has 1 aromatic carbocycles. The molecule has 4 aromatic rings. The zero-order valence-electron chi connectivity index (χ0n) is 20.4. The fourth-order valence-corrected chi connectivity index (χ4v) is 5.59. The molecule has 0 saturated heterocycles. The van der Waals surface area contributed by atoms with Gasteiger partial charge in [-0.1, -0.05) is 6.07 Å². The van der Waals surface area contributed by atoms with Gasteiger partial charge in [0.2, 0.25) is 11.8 Å². The van der Waals surface area contributed by atoms with Gasteiger partial charge in [-0.3, -0.25) is 4.79 Å². The number of carbonyl (C=O) groups excluding carboxylic acids is 1. The Morgan fingerprint density at radius 1 is 1.22 bits per heavy atom. The molecule has 0 aliphatic heterocycles. The molecule has 37 heavy (non-hydrogen) atoms. The fourth-order valence-electron chi connectivity index (χ4n) is 5.59. The number of fused-ring (bicyclic) bond motifs is 3. The molecule has 3 aromatic heterocycles. The molecule has 190 valence electrons. The number of anilines is 1. The highest BCUT2D eigenvalue weighted by Crippen LogP contribution is 2.46. The number of nitrogens with zero attached hydrogens (tertiary/aromatic N) is 4. The number of aromatic nitrogens is 4. The maximum absolute atomic E-state index is 14.8. The van der Waals surface area contributed by atoms with Crippen molar-refractivity contribution in [3.63, 3.8) is 0 Å². The number of benzene rings is 1. The summed E-state index contributed by atoms with van der Waals surface area (Å²) in [7, 11) is 1.45. The summed E-state index contributed by atoms with van der Waals surface area (Å²) < 4.78 is 28.0. The van der Waals surface area contributed by atoms with Crippen LogP contribution in [0.25, 0.3) is 16.8 Å². The first-order chi connectivity index (χ1) is 18.0. The lowest BCUT2D eigenvalue weighted by atomic mass is 9.97. The Morgan fingerprint density at radius 3 is 2.89 bits per heavy atom. The van der Waals surface area contributed by atoms with Crippen LogP contribution in [-0.4, -0.2) is 38.7 Å². The minimum atomic E-state index is -0.437. The smallest absolute Gasteiger partial charge is 0.257 e. The first kappa shape index (κ1) is 23.2. The molecule has 9 nitrogen and oxygen atoms in total. The van der Waals surface area contributed by atoms with E-state index >= 15 is 0 Å². The Kier molecular flexibility index (Phi) is 5.86. The van der Waals surface area contributed by atoms with Crippen LogP contribution >= 0.6 is 0 Å². The average Bonchev–Trinajstić information content (AvgIpc) is 3.62. The normalized spacial score (nSPS) is 20.3. The lowest BCUT2D eigenvalue weighted by molar-refractivity contribution is 0.0945. The third kappa shape index (κ3) is 4.43. The summed E-state index contributed by atoms with van der Waals surface area (Å²) in [5, 5.41) is 6.89. The second kappa shape index (κ2) is 9.34. The number of amides is 1. The summed E-state index contributed by atoms with van der Waals surface area (Å²) in [6, 6.07) is 10.1. The van der Waals surface area contributed by atoms with Gasteiger partial charge in [0.25, 0.3) is 5.91 Å². The largest absolute Gasteiger partial charge is 0.490 e. The zero-order chi connectivity index (χ0) is 25.5. The van der Waals surface area contributed by atoms with E-state index in [9.17, 15) is 9.18 Å². The molecule has 1 amide bonds. The van der Waals surface area contributed by atoms with Crippen molar-refractivity contribution in [2.24, 2.45) is 11.8 Å². The topological polar surface area (TPSA) is 117 Å². The highest BCUT2D eigenvalue weighted by molar-refractivity contribution is 5.97. The van der Waals surface area contributed by atoms with Crippen LogP contribution in [0.5, 0.6) is 11.6 Å². The van der Waals surface area contributed by atoms with Crippen LogP contribution in [0, 0.1) is 17.7 Å². The number of carbonyl (C=O) groups is 1. The van der Waals surface area contributed by atoms with Gasteiger partial charge in [0, 0.05) is 30.1 Å². The SMILES string of the molecule is COc1ncc(-c2ccn3nc(N)nc3c2)cc1C(=O)NCc1c(F)cccc1O[C@@H]1CC2CCC1C2. The highest BCUT2D eigenvalue weighted by Gasteiger charge is 2.41. The van der Waals surface area contributed by atoms with E-state index in [2.05, 4.69) is 20.4 Å². The third-order valence-corrected chi connectivity index (χ3v) is 7.43. The summed E-state index contributed by atoms with van der Waals surface area (Å²) >= 11 is 0. The van der Waals surface area contributed by atoms with Crippen molar-refractivity contribution in [2.75, 3.05) is 12.8 Å². The Balaban J connectivity index is 1.23. The number of hydrogen-bond acceptors (Lipinski definition) is 7. The van der Waals surface area contributed by atoms with Crippen LogP contribution in [0.15, 0.2) is 48.8 Å². The van der Waals surface area contributed by atoms with Gasteiger partial charge in [0.15, 0.2) is 5.65 Å². The quantitative estimate of drug-likeness (QED) is 0.392. The summed E-state index contributed by atoms with van der Waals surface area (Å²) in [6.45, 7) is -0.0278. The summed E-state index contributed by atoms with van der Waals surface area (Å²) in [5.74, 6) is 1.21. The van der Waals surface area contributed by atoms with Gasteiger partial charge in [-0.2, -0.15) is 4.98 Å². The van der Waals surface area contributed by atoms with E-state index in [1.54, 1.807) is 41.2 Å². The second-order valence-electron chi connectivity index (χ2n) is 9.70. The molecule has 0 spiro atoms. The van der Waals surface area contributed by atoms with Crippen LogP contribution in [0.1, 0.15) is 41.6 Å². The lowest BCUT2D eigenvalue weighted by Gasteiger charge is -2.24. The van der Waals surface area contributed by atoms with Gasteiger partial charge in [-0.25, -0.2) is 13.9 Å². The summed E-state index contributed by atoms with van der Waals surface area (Å²) in [5.41, 5.74) is 8.27. The number of nitrogens with one attached hydrogen (secondary N) is 1. The fraction of sp³-hybridized carbons (Fsp3) is 0.333. The van der Waals surface area contributed by atoms with Crippen molar-refractivity contribution in [1.29, 1.82) is 0 Å². The van der Waals surface area contributed by atoms with Crippen molar-refractivity contribution in [3.05, 3.63) is 65.7 Å². The maximum Gasteiger partial charge on any atom is 0.257 e. The van der Waals surface area contributed by atoms with Gasteiger partial charge in [-0.15, -0.1) is 5.10 Å². The Hall–Kier alpha value is -4.21. The molecular formula is C27H27FN6O3. The van der Waals surface area contributed by atoms with E-state index in [0.29, 0.717) is 34.4 Å². The van der Waals surface area contributed by atoms with E-state index in [1.165, 1.54) is 26.0 Å². The molecule has 2 unspecified atom stereocenters. The molecule has 2 fully saturated rings. The first-order valence-corrected chi connectivity index (χ1v) is 12.4. The van der Waals surface area contributed by atoms with Gasteiger partial charge in [0.05, 0.1) is 7.11 Å². The number of pyridine rings is 2. The number of ether oxygens (including phenoxy) is 2. The Labute approximate surface area is 212 Å². The van der Waals surface area contributed by atoms with E-state index in [1.807, 2.05) is 6.07 Å². The molecule has 3 atom stereocenters. The second-order valence-corrected chi connectivity index (χ2v) is 9.70. The van der Waals surface area contributed by atoms with Gasteiger partial charge < -0.3 is 20.5 Å².